The average molecular weight is 386 g/mol. The first kappa shape index (κ1) is 21.6. The van der Waals surface area contributed by atoms with Gasteiger partial charge in [-0.15, -0.1) is 0 Å². The monoisotopic (exact) mass is 386 g/mol. The fourth-order valence-corrected chi connectivity index (χ4v) is 3.50. The van der Waals surface area contributed by atoms with Crippen molar-refractivity contribution in [2.45, 2.75) is 51.4 Å². The Labute approximate surface area is 164 Å². The van der Waals surface area contributed by atoms with Crippen LogP contribution in [0.4, 0.5) is 0 Å². The van der Waals surface area contributed by atoms with E-state index in [0.717, 1.165) is 11.1 Å². The molecule has 0 unspecified atom stereocenters. The lowest BCUT2D eigenvalue weighted by Gasteiger charge is -2.33. The van der Waals surface area contributed by atoms with Gasteiger partial charge in [0.15, 0.2) is 0 Å². The summed E-state index contributed by atoms with van der Waals surface area (Å²) in [6.45, 7) is 8.06. The van der Waals surface area contributed by atoms with Crippen molar-refractivity contribution >= 4 is 11.9 Å². The molecule has 2 aromatic carbocycles. The molecule has 0 atom stereocenters. The minimum Gasteiger partial charge on any atom is -0.295 e. The average Bonchev–Trinajstić information content (AvgIpc) is 2.71. The normalized spacial score (nSPS) is 11.8. The zero-order valence-corrected chi connectivity index (χ0v) is 16.6. The lowest BCUT2D eigenvalue weighted by Crippen LogP contribution is -2.27. The maximum atomic E-state index is 11.9. The molecule has 0 radical (unpaired) electrons. The van der Waals surface area contributed by atoms with E-state index in [1.54, 1.807) is 24.3 Å². The number of benzene rings is 2. The fourth-order valence-electron chi connectivity index (χ4n) is 3.50. The van der Waals surface area contributed by atoms with Gasteiger partial charge in [0.1, 0.15) is 0 Å². The summed E-state index contributed by atoms with van der Waals surface area (Å²) in [5.41, 5.74) is 1.39. The predicted molar refractivity (Wildman–Crippen MR) is 104 cm³/mol. The Hall–Kier alpha value is -2.70. The van der Waals surface area contributed by atoms with Crippen molar-refractivity contribution < 1.29 is 29.9 Å². The Morgan fingerprint density at radius 2 is 1.04 bits per heavy atom. The van der Waals surface area contributed by atoms with Gasteiger partial charge in [0.25, 0.3) is 0 Å². The van der Waals surface area contributed by atoms with E-state index in [1.165, 1.54) is 0 Å². The lowest BCUT2D eigenvalue weighted by atomic mass is 9.71. The van der Waals surface area contributed by atoms with Crippen molar-refractivity contribution in [1.82, 2.24) is 0 Å². The molecule has 0 aliphatic rings. The molecule has 2 N–H and O–H groups in total. The highest BCUT2D eigenvalue weighted by atomic mass is 17.1. The van der Waals surface area contributed by atoms with E-state index < -0.39 is 22.8 Å². The molecule has 0 saturated heterocycles. The third-order valence-corrected chi connectivity index (χ3v) is 5.29. The number of carbonyl (C=O) groups excluding carboxylic acids is 2. The molecule has 0 spiro atoms. The molecule has 0 aliphatic heterocycles. The zero-order valence-electron chi connectivity index (χ0n) is 16.6. The van der Waals surface area contributed by atoms with Crippen molar-refractivity contribution in [1.29, 1.82) is 0 Å². The molecule has 150 valence electrons. The summed E-state index contributed by atoms with van der Waals surface area (Å²) in [6, 6.07) is 14.0. The van der Waals surface area contributed by atoms with Crippen molar-refractivity contribution in [3.63, 3.8) is 0 Å². The molecule has 0 heterocycles. The molecule has 0 aromatic heterocycles. The van der Waals surface area contributed by atoms with Crippen LogP contribution < -0.4 is 0 Å². The van der Waals surface area contributed by atoms with Crippen LogP contribution in [-0.2, 0) is 20.6 Å². The highest BCUT2D eigenvalue weighted by molar-refractivity contribution is 5.91. The summed E-state index contributed by atoms with van der Waals surface area (Å²) in [4.78, 5) is 31.7. The molecular weight excluding hydrogens is 360 g/mol. The van der Waals surface area contributed by atoms with Gasteiger partial charge in [0, 0.05) is 0 Å². The Bertz CT molecular complexity index is 782. The topological polar surface area (TPSA) is 93.1 Å². The summed E-state index contributed by atoms with van der Waals surface area (Å²) in [6.07, 6.45) is 1.39. The van der Waals surface area contributed by atoms with Gasteiger partial charge < -0.3 is 0 Å². The molecule has 0 aliphatic carbocycles. The minimum absolute atomic E-state index is 0.317. The van der Waals surface area contributed by atoms with Crippen LogP contribution >= 0.6 is 0 Å². The number of carbonyl (C=O) groups is 2. The summed E-state index contributed by atoms with van der Waals surface area (Å²) >= 11 is 0. The highest BCUT2D eigenvalue weighted by Gasteiger charge is 2.32. The molecular formula is C22H26O6. The van der Waals surface area contributed by atoms with E-state index in [2.05, 4.69) is 9.78 Å². The van der Waals surface area contributed by atoms with E-state index in [0.29, 0.717) is 24.0 Å². The van der Waals surface area contributed by atoms with Crippen LogP contribution in [0, 0.1) is 0 Å². The van der Waals surface area contributed by atoms with E-state index in [4.69, 9.17) is 10.5 Å². The SMILES string of the molecule is CC(C)(CCC(C)(C)c1ccccc1C(=O)OO)c1ccccc1C(=O)OO. The highest BCUT2D eigenvalue weighted by Crippen LogP contribution is 2.38. The van der Waals surface area contributed by atoms with Gasteiger partial charge in [0.05, 0.1) is 11.1 Å². The van der Waals surface area contributed by atoms with Crippen molar-refractivity contribution in [3.8, 4) is 0 Å². The van der Waals surface area contributed by atoms with Crippen LogP contribution in [-0.4, -0.2) is 22.5 Å². The second kappa shape index (κ2) is 8.54. The molecule has 0 amide bonds. The molecule has 6 nitrogen and oxygen atoms in total. The predicted octanol–water partition coefficient (Wildman–Crippen LogP) is 4.98. The number of rotatable bonds is 7. The summed E-state index contributed by atoms with van der Waals surface area (Å²) < 4.78 is 0. The van der Waals surface area contributed by atoms with Crippen LogP contribution in [0.25, 0.3) is 0 Å². The molecule has 28 heavy (non-hydrogen) atoms. The van der Waals surface area contributed by atoms with Gasteiger partial charge in [-0.2, -0.15) is 10.5 Å². The Morgan fingerprint density at radius 3 is 1.36 bits per heavy atom. The van der Waals surface area contributed by atoms with E-state index in [9.17, 15) is 9.59 Å². The van der Waals surface area contributed by atoms with E-state index in [1.807, 2.05) is 52.0 Å². The first-order valence-electron chi connectivity index (χ1n) is 9.04. The molecule has 6 heteroatoms. The quantitative estimate of drug-likeness (QED) is 0.515. The third kappa shape index (κ3) is 4.58. The Kier molecular flexibility index (Phi) is 6.59. The second-order valence-corrected chi connectivity index (χ2v) is 8.12. The molecule has 0 bridgehead atoms. The van der Waals surface area contributed by atoms with Crippen molar-refractivity contribution in [2.24, 2.45) is 0 Å². The standard InChI is InChI=1S/C22H26O6/c1-21(2,17-11-7-5-9-15(17)19(23)27-25)13-14-22(3,4)18-12-8-6-10-16(18)20(24)28-26/h5-12,25-26H,13-14H2,1-4H3. The second-order valence-electron chi connectivity index (χ2n) is 8.12. The zero-order chi connectivity index (χ0) is 20.9. The van der Waals surface area contributed by atoms with Gasteiger partial charge in [-0.3, -0.25) is 9.78 Å². The lowest BCUT2D eigenvalue weighted by molar-refractivity contribution is -0.183. The molecule has 2 rings (SSSR count). The van der Waals surface area contributed by atoms with Crippen LogP contribution in [0.1, 0.15) is 72.4 Å². The van der Waals surface area contributed by atoms with Gasteiger partial charge in [-0.25, -0.2) is 9.59 Å². The number of hydrogen-bond acceptors (Lipinski definition) is 6. The minimum atomic E-state index is -0.793. The van der Waals surface area contributed by atoms with E-state index in [-0.39, 0.29) is 0 Å². The van der Waals surface area contributed by atoms with Gasteiger partial charge in [0.2, 0.25) is 0 Å². The van der Waals surface area contributed by atoms with Gasteiger partial charge in [-0.05, 0) is 46.9 Å². The van der Waals surface area contributed by atoms with Crippen LogP contribution in [0.15, 0.2) is 48.5 Å². The van der Waals surface area contributed by atoms with Crippen LogP contribution in [0.3, 0.4) is 0 Å². The molecule has 2 aromatic rings. The molecule has 0 saturated carbocycles. The Morgan fingerprint density at radius 1 is 0.714 bits per heavy atom. The largest absolute Gasteiger partial charge is 0.373 e. The van der Waals surface area contributed by atoms with Crippen LogP contribution in [0.2, 0.25) is 0 Å². The maximum Gasteiger partial charge on any atom is 0.373 e. The first-order chi connectivity index (χ1) is 13.1. The number of hydrogen-bond donors (Lipinski definition) is 2. The maximum absolute atomic E-state index is 11.9. The third-order valence-electron chi connectivity index (χ3n) is 5.29. The summed E-state index contributed by atoms with van der Waals surface area (Å²) in [7, 11) is 0. The van der Waals surface area contributed by atoms with Crippen LogP contribution in [0.5, 0.6) is 0 Å². The summed E-state index contributed by atoms with van der Waals surface area (Å²) in [5, 5.41) is 17.6. The van der Waals surface area contributed by atoms with Gasteiger partial charge in [-0.1, -0.05) is 64.1 Å². The summed E-state index contributed by atoms with van der Waals surface area (Å²) in [5.74, 6) is -1.59. The first-order valence-corrected chi connectivity index (χ1v) is 9.04. The molecule has 0 fully saturated rings. The van der Waals surface area contributed by atoms with Crippen molar-refractivity contribution in [2.75, 3.05) is 0 Å². The Balaban J connectivity index is 2.30. The van der Waals surface area contributed by atoms with Crippen molar-refractivity contribution in [3.05, 3.63) is 70.8 Å². The smallest absolute Gasteiger partial charge is 0.295 e. The van der Waals surface area contributed by atoms with Gasteiger partial charge >= 0.3 is 11.9 Å². The van der Waals surface area contributed by atoms with E-state index >= 15 is 0 Å². The fraction of sp³-hybridized carbons (Fsp3) is 0.364.